The number of rotatable bonds is 4. The van der Waals surface area contributed by atoms with E-state index in [2.05, 4.69) is 34.3 Å². The van der Waals surface area contributed by atoms with E-state index in [0.717, 1.165) is 46.3 Å². The Kier molecular flexibility index (Phi) is 5.72. The standard InChI is InChI=1S/C25H26ClN3OS/c1-16-10-11-17(26)15-19(16)21-12-13-22(30-21)24-23(20-9-5-6-14-27-20)28-25(31)29(24)18-7-3-2-4-8-18/h5-6,9-15,18,23-24H,2-4,7-8H2,1H3,(H,28,31). The summed E-state index contributed by atoms with van der Waals surface area (Å²) in [5.74, 6) is 1.74. The van der Waals surface area contributed by atoms with Crippen molar-refractivity contribution in [2.24, 2.45) is 0 Å². The molecule has 0 amide bonds. The van der Waals surface area contributed by atoms with Crippen molar-refractivity contribution in [2.45, 2.75) is 57.2 Å². The normalized spacial score (nSPS) is 22.0. The zero-order valence-electron chi connectivity index (χ0n) is 17.6. The van der Waals surface area contributed by atoms with Crippen LogP contribution in [0.3, 0.4) is 0 Å². The summed E-state index contributed by atoms with van der Waals surface area (Å²) in [5, 5.41) is 5.05. The molecule has 5 rings (SSSR count). The highest BCUT2D eigenvalue weighted by Gasteiger charge is 2.44. The van der Waals surface area contributed by atoms with Crippen LogP contribution in [0, 0.1) is 6.92 Å². The first kappa shape index (κ1) is 20.5. The van der Waals surface area contributed by atoms with Gasteiger partial charge in [0.05, 0.1) is 11.7 Å². The van der Waals surface area contributed by atoms with Crippen molar-refractivity contribution in [2.75, 3.05) is 0 Å². The molecule has 3 aromatic rings. The summed E-state index contributed by atoms with van der Waals surface area (Å²) in [5.41, 5.74) is 3.13. The summed E-state index contributed by atoms with van der Waals surface area (Å²) < 4.78 is 6.48. The summed E-state index contributed by atoms with van der Waals surface area (Å²) >= 11 is 12.1. The summed E-state index contributed by atoms with van der Waals surface area (Å²) in [6.07, 6.45) is 7.95. The fourth-order valence-corrected chi connectivity index (χ4v) is 5.50. The second kappa shape index (κ2) is 8.64. The molecule has 0 radical (unpaired) electrons. The molecule has 6 heteroatoms. The molecule has 160 valence electrons. The van der Waals surface area contributed by atoms with E-state index in [-0.39, 0.29) is 12.1 Å². The Bertz CT molecular complexity index is 1080. The lowest BCUT2D eigenvalue weighted by molar-refractivity contribution is 0.179. The molecule has 2 atom stereocenters. The Hall–Kier alpha value is -2.37. The molecule has 3 heterocycles. The van der Waals surface area contributed by atoms with Gasteiger partial charge in [-0.2, -0.15) is 0 Å². The minimum absolute atomic E-state index is 0.0289. The third-order valence-electron chi connectivity index (χ3n) is 6.49. The van der Waals surface area contributed by atoms with Crippen LogP contribution in [0.1, 0.15) is 61.2 Å². The van der Waals surface area contributed by atoms with Crippen LogP contribution in [0.2, 0.25) is 5.02 Å². The van der Waals surface area contributed by atoms with E-state index in [1.54, 1.807) is 0 Å². The Morgan fingerprint density at radius 1 is 1.10 bits per heavy atom. The molecule has 4 nitrogen and oxygen atoms in total. The molecular weight excluding hydrogens is 426 g/mol. The Morgan fingerprint density at radius 3 is 2.71 bits per heavy atom. The summed E-state index contributed by atoms with van der Waals surface area (Å²) in [6, 6.07) is 16.4. The van der Waals surface area contributed by atoms with E-state index < -0.39 is 0 Å². The minimum Gasteiger partial charge on any atom is -0.459 e. The van der Waals surface area contributed by atoms with Gasteiger partial charge in [-0.25, -0.2) is 0 Å². The van der Waals surface area contributed by atoms with E-state index in [1.165, 1.54) is 19.3 Å². The van der Waals surface area contributed by atoms with E-state index in [9.17, 15) is 0 Å². The first-order chi connectivity index (χ1) is 15.1. The Labute approximate surface area is 193 Å². The molecule has 31 heavy (non-hydrogen) atoms. The first-order valence-corrected chi connectivity index (χ1v) is 11.8. The molecule has 0 bridgehead atoms. The number of nitrogens with one attached hydrogen (secondary N) is 1. The largest absolute Gasteiger partial charge is 0.459 e. The van der Waals surface area contributed by atoms with Crippen molar-refractivity contribution >= 4 is 28.9 Å². The maximum absolute atomic E-state index is 6.48. The van der Waals surface area contributed by atoms with Crippen LogP contribution in [-0.2, 0) is 0 Å². The van der Waals surface area contributed by atoms with Crippen molar-refractivity contribution in [1.29, 1.82) is 0 Å². The third-order valence-corrected chi connectivity index (χ3v) is 7.05. The van der Waals surface area contributed by atoms with E-state index in [0.29, 0.717) is 11.1 Å². The van der Waals surface area contributed by atoms with Gasteiger partial charge in [0.15, 0.2) is 5.11 Å². The fourth-order valence-electron chi connectivity index (χ4n) is 4.94. The van der Waals surface area contributed by atoms with E-state index in [1.807, 2.05) is 42.6 Å². The number of benzene rings is 1. The zero-order chi connectivity index (χ0) is 21.4. The van der Waals surface area contributed by atoms with E-state index in [4.69, 9.17) is 28.2 Å². The molecule has 2 aromatic heterocycles. The topological polar surface area (TPSA) is 41.3 Å². The number of furan rings is 1. The number of aryl methyl sites for hydroxylation is 1. The average Bonchev–Trinajstić information content (AvgIpc) is 3.41. The molecule has 2 unspecified atom stereocenters. The zero-order valence-corrected chi connectivity index (χ0v) is 19.1. The fraction of sp³-hybridized carbons (Fsp3) is 0.360. The maximum Gasteiger partial charge on any atom is 0.170 e. The van der Waals surface area contributed by atoms with Crippen molar-refractivity contribution < 1.29 is 4.42 Å². The average molecular weight is 452 g/mol. The van der Waals surface area contributed by atoms with Crippen LogP contribution in [-0.4, -0.2) is 21.0 Å². The lowest BCUT2D eigenvalue weighted by atomic mass is 9.92. The van der Waals surface area contributed by atoms with Crippen molar-refractivity contribution in [3.05, 3.63) is 76.8 Å². The highest BCUT2D eigenvalue weighted by atomic mass is 35.5. The molecular formula is C25H26ClN3OS. The van der Waals surface area contributed by atoms with Crippen LogP contribution in [0.15, 0.2) is 59.1 Å². The van der Waals surface area contributed by atoms with Gasteiger partial charge in [0, 0.05) is 22.8 Å². The third kappa shape index (κ3) is 3.97. The molecule has 1 aromatic carbocycles. The SMILES string of the molecule is Cc1ccc(Cl)cc1-c1ccc(C2C(c3ccccn3)NC(=S)N2C2CCCCC2)o1. The van der Waals surface area contributed by atoms with Crippen LogP contribution in [0.4, 0.5) is 0 Å². The molecule has 2 fully saturated rings. The predicted octanol–water partition coefficient (Wildman–Crippen LogP) is 6.61. The summed E-state index contributed by atoms with van der Waals surface area (Å²) in [7, 11) is 0. The molecule has 1 N–H and O–H groups in total. The first-order valence-electron chi connectivity index (χ1n) is 11.0. The Morgan fingerprint density at radius 2 is 1.94 bits per heavy atom. The van der Waals surface area contributed by atoms with Gasteiger partial charge in [0.1, 0.15) is 17.6 Å². The van der Waals surface area contributed by atoms with Gasteiger partial charge in [-0.15, -0.1) is 0 Å². The van der Waals surface area contributed by atoms with E-state index >= 15 is 0 Å². The van der Waals surface area contributed by atoms with Gasteiger partial charge in [-0.3, -0.25) is 4.98 Å². The number of hydrogen-bond donors (Lipinski definition) is 1. The quantitative estimate of drug-likeness (QED) is 0.452. The van der Waals surface area contributed by atoms with Gasteiger partial charge < -0.3 is 14.6 Å². The number of aromatic nitrogens is 1. The smallest absolute Gasteiger partial charge is 0.170 e. The lowest BCUT2D eigenvalue weighted by Crippen LogP contribution is -2.40. The minimum atomic E-state index is -0.0462. The van der Waals surface area contributed by atoms with Crippen LogP contribution in [0.5, 0.6) is 0 Å². The molecule has 1 aliphatic heterocycles. The van der Waals surface area contributed by atoms with Gasteiger partial charge in [0.25, 0.3) is 0 Å². The van der Waals surface area contributed by atoms with Crippen molar-refractivity contribution in [1.82, 2.24) is 15.2 Å². The molecule has 1 saturated heterocycles. The highest BCUT2D eigenvalue weighted by molar-refractivity contribution is 7.80. The Balaban J connectivity index is 1.56. The van der Waals surface area contributed by atoms with Crippen molar-refractivity contribution in [3.8, 4) is 11.3 Å². The highest BCUT2D eigenvalue weighted by Crippen LogP contribution is 2.44. The lowest BCUT2D eigenvalue weighted by Gasteiger charge is -2.36. The van der Waals surface area contributed by atoms with Crippen LogP contribution >= 0.6 is 23.8 Å². The van der Waals surface area contributed by atoms with Gasteiger partial charge in [-0.05, 0) is 73.9 Å². The molecule has 0 spiro atoms. The second-order valence-electron chi connectivity index (χ2n) is 8.49. The van der Waals surface area contributed by atoms with Gasteiger partial charge >= 0.3 is 0 Å². The number of pyridine rings is 1. The van der Waals surface area contributed by atoms with Gasteiger partial charge in [-0.1, -0.05) is 43.0 Å². The maximum atomic E-state index is 6.48. The van der Waals surface area contributed by atoms with Gasteiger partial charge in [0.2, 0.25) is 0 Å². The van der Waals surface area contributed by atoms with Crippen LogP contribution in [0.25, 0.3) is 11.3 Å². The number of thiocarbonyl (C=S) groups is 1. The predicted molar refractivity (Wildman–Crippen MR) is 128 cm³/mol. The van der Waals surface area contributed by atoms with Crippen molar-refractivity contribution in [3.63, 3.8) is 0 Å². The monoisotopic (exact) mass is 451 g/mol. The molecule has 1 saturated carbocycles. The number of nitrogens with zero attached hydrogens (tertiary/aromatic N) is 2. The van der Waals surface area contributed by atoms with Crippen LogP contribution < -0.4 is 5.32 Å². The number of halogens is 1. The molecule has 1 aliphatic carbocycles. The second-order valence-corrected chi connectivity index (χ2v) is 9.31. The number of hydrogen-bond acceptors (Lipinski definition) is 3. The molecule has 2 aliphatic rings. The summed E-state index contributed by atoms with van der Waals surface area (Å²) in [4.78, 5) is 7.01. The summed E-state index contributed by atoms with van der Waals surface area (Å²) in [6.45, 7) is 2.07.